The summed E-state index contributed by atoms with van der Waals surface area (Å²) in [5.41, 5.74) is 2.78. The van der Waals surface area contributed by atoms with Crippen molar-refractivity contribution in [1.82, 2.24) is 19.6 Å². The molecule has 0 aliphatic carbocycles. The predicted octanol–water partition coefficient (Wildman–Crippen LogP) is 4.80. The summed E-state index contributed by atoms with van der Waals surface area (Å²) in [6.45, 7) is 4.32. The van der Waals surface area contributed by atoms with Crippen LogP contribution < -0.4 is 19.5 Å². The molecular formula is C30H34N4O4S. The fourth-order valence-corrected chi connectivity index (χ4v) is 6.15. The minimum Gasteiger partial charge on any atom is -0.497 e. The number of carbonyl (C=O) groups is 1. The van der Waals surface area contributed by atoms with Crippen LogP contribution >= 0.6 is 11.8 Å². The van der Waals surface area contributed by atoms with E-state index in [0.717, 1.165) is 40.5 Å². The molecule has 0 radical (unpaired) electrons. The quantitative estimate of drug-likeness (QED) is 0.290. The van der Waals surface area contributed by atoms with Crippen LogP contribution in [0.1, 0.15) is 24.6 Å². The Labute approximate surface area is 233 Å². The van der Waals surface area contributed by atoms with Gasteiger partial charge in [0.1, 0.15) is 11.4 Å². The van der Waals surface area contributed by atoms with E-state index in [1.54, 1.807) is 26.0 Å². The Morgan fingerprint density at radius 1 is 1.08 bits per heavy atom. The second-order valence-corrected chi connectivity index (χ2v) is 10.8. The fourth-order valence-electron chi connectivity index (χ4n) is 4.93. The molecule has 1 fully saturated rings. The number of aromatic nitrogens is 2. The fraction of sp³-hybridized carbons (Fsp3) is 0.333. The molecule has 8 nitrogen and oxygen atoms in total. The standard InChI is InChI=1S/C30H34N4O4S/c1-4-38-28-15-21(8-13-27(28)37-3)18-34-20-25(39-24-11-9-23(36-2)10-12-24)16-26(34)30(35)31-17-22-19-33-14-6-5-7-29(33)32-22/h5-15,19,25-26H,4,16-18,20H2,1-3H3,(H,31,35)/t25-,26+/m1/s1. The van der Waals surface area contributed by atoms with Gasteiger partial charge in [-0.2, -0.15) is 0 Å². The van der Waals surface area contributed by atoms with Gasteiger partial charge in [-0.3, -0.25) is 9.69 Å². The molecule has 39 heavy (non-hydrogen) atoms. The number of hydrogen-bond acceptors (Lipinski definition) is 7. The first-order valence-electron chi connectivity index (χ1n) is 13.1. The van der Waals surface area contributed by atoms with E-state index in [0.29, 0.717) is 31.2 Å². The van der Waals surface area contributed by atoms with Crippen molar-refractivity contribution in [1.29, 1.82) is 0 Å². The number of fused-ring (bicyclic) bond motifs is 1. The Bertz CT molecular complexity index is 1370. The zero-order chi connectivity index (χ0) is 27.2. The van der Waals surface area contributed by atoms with Crippen LogP contribution in [0.5, 0.6) is 17.2 Å². The number of benzene rings is 2. The van der Waals surface area contributed by atoms with Crippen molar-refractivity contribution in [3.8, 4) is 17.2 Å². The Morgan fingerprint density at radius 3 is 2.67 bits per heavy atom. The molecule has 5 rings (SSSR count). The summed E-state index contributed by atoms with van der Waals surface area (Å²) in [6.07, 6.45) is 4.66. The second kappa shape index (κ2) is 12.4. The van der Waals surface area contributed by atoms with E-state index in [2.05, 4.69) is 27.3 Å². The largest absolute Gasteiger partial charge is 0.497 e. The highest BCUT2D eigenvalue weighted by atomic mass is 32.2. The van der Waals surface area contributed by atoms with E-state index in [9.17, 15) is 4.79 Å². The lowest BCUT2D eigenvalue weighted by atomic mass is 10.1. The molecule has 9 heteroatoms. The van der Waals surface area contributed by atoms with Crippen LogP contribution in [0.3, 0.4) is 0 Å². The molecule has 1 aliphatic heterocycles. The summed E-state index contributed by atoms with van der Waals surface area (Å²) in [5.74, 6) is 2.27. The maximum atomic E-state index is 13.5. The minimum absolute atomic E-state index is 0.0171. The normalized spacial score (nSPS) is 17.3. The average Bonchev–Trinajstić information content (AvgIpc) is 3.56. The number of thioether (sulfide) groups is 1. The zero-order valence-electron chi connectivity index (χ0n) is 22.5. The Kier molecular flexibility index (Phi) is 8.58. The van der Waals surface area contributed by atoms with Crippen molar-refractivity contribution in [2.75, 3.05) is 27.4 Å². The summed E-state index contributed by atoms with van der Waals surface area (Å²) in [4.78, 5) is 21.6. The highest BCUT2D eigenvalue weighted by Gasteiger charge is 2.37. The summed E-state index contributed by atoms with van der Waals surface area (Å²) < 4.78 is 18.5. The smallest absolute Gasteiger partial charge is 0.237 e. The first-order chi connectivity index (χ1) is 19.1. The Balaban J connectivity index is 1.31. The van der Waals surface area contributed by atoms with Crippen molar-refractivity contribution in [3.63, 3.8) is 0 Å². The van der Waals surface area contributed by atoms with Gasteiger partial charge in [0.05, 0.1) is 39.1 Å². The molecule has 4 aromatic rings. The number of nitrogens with zero attached hydrogens (tertiary/aromatic N) is 3. The zero-order valence-corrected chi connectivity index (χ0v) is 23.3. The van der Waals surface area contributed by atoms with Crippen LogP contribution in [0, 0.1) is 0 Å². The number of imidazole rings is 1. The molecule has 1 aliphatic rings. The number of ether oxygens (including phenoxy) is 3. The maximum absolute atomic E-state index is 13.5. The molecule has 2 aromatic heterocycles. The molecule has 1 N–H and O–H groups in total. The number of pyridine rings is 1. The van der Waals surface area contributed by atoms with Gasteiger partial charge in [0, 0.05) is 35.6 Å². The van der Waals surface area contributed by atoms with Gasteiger partial charge in [-0.1, -0.05) is 12.1 Å². The maximum Gasteiger partial charge on any atom is 0.237 e. The van der Waals surface area contributed by atoms with Crippen molar-refractivity contribution in [2.24, 2.45) is 0 Å². The first kappa shape index (κ1) is 26.9. The molecular weight excluding hydrogens is 512 g/mol. The molecule has 1 saturated heterocycles. The van der Waals surface area contributed by atoms with Gasteiger partial charge in [-0.25, -0.2) is 4.98 Å². The van der Waals surface area contributed by atoms with Crippen molar-refractivity contribution in [3.05, 3.63) is 84.3 Å². The molecule has 0 saturated carbocycles. The topological polar surface area (TPSA) is 77.3 Å². The average molecular weight is 547 g/mol. The van der Waals surface area contributed by atoms with Gasteiger partial charge in [0.25, 0.3) is 0 Å². The molecule has 1 amide bonds. The Hall–Kier alpha value is -3.69. The number of amides is 1. The summed E-state index contributed by atoms with van der Waals surface area (Å²) in [6, 6.07) is 19.7. The summed E-state index contributed by atoms with van der Waals surface area (Å²) >= 11 is 1.80. The lowest BCUT2D eigenvalue weighted by molar-refractivity contribution is -0.125. The van der Waals surface area contributed by atoms with Crippen molar-refractivity contribution >= 4 is 23.3 Å². The summed E-state index contributed by atoms with van der Waals surface area (Å²) in [5, 5.41) is 3.41. The van der Waals surface area contributed by atoms with Gasteiger partial charge in [-0.15, -0.1) is 11.8 Å². The number of rotatable bonds is 11. The van der Waals surface area contributed by atoms with Gasteiger partial charge < -0.3 is 23.9 Å². The monoisotopic (exact) mass is 546 g/mol. The number of likely N-dealkylation sites (tertiary alicyclic amines) is 1. The van der Waals surface area contributed by atoms with Gasteiger partial charge in [-0.05, 0) is 67.4 Å². The van der Waals surface area contributed by atoms with Crippen molar-refractivity contribution < 1.29 is 19.0 Å². The van der Waals surface area contributed by atoms with E-state index < -0.39 is 0 Å². The lowest BCUT2D eigenvalue weighted by Gasteiger charge is -2.24. The molecule has 3 heterocycles. The third kappa shape index (κ3) is 6.49. The molecule has 2 aromatic carbocycles. The number of carbonyl (C=O) groups excluding carboxylic acids is 1. The number of nitrogens with one attached hydrogen (secondary N) is 1. The van der Waals surface area contributed by atoms with Crippen LogP contribution in [0.15, 0.2) is 78.0 Å². The second-order valence-electron chi connectivity index (χ2n) is 9.43. The molecule has 2 atom stereocenters. The third-order valence-electron chi connectivity index (χ3n) is 6.80. The van der Waals surface area contributed by atoms with Gasteiger partial charge in [0.2, 0.25) is 5.91 Å². The number of methoxy groups -OCH3 is 2. The molecule has 0 unspecified atom stereocenters. The molecule has 0 spiro atoms. The highest BCUT2D eigenvalue weighted by molar-refractivity contribution is 8.00. The van der Waals surface area contributed by atoms with E-state index >= 15 is 0 Å². The van der Waals surface area contributed by atoms with Crippen LogP contribution in [0.4, 0.5) is 0 Å². The molecule has 204 valence electrons. The van der Waals surface area contributed by atoms with Crippen LogP contribution in [-0.2, 0) is 17.9 Å². The van der Waals surface area contributed by atoms with E-state index in [4.69, 9.17) is 14.2 Å². The lowest BCUT2D eigenvalue weighted by Crippen LogP contribution is -2.42. The number of hydrogen-bond donors (Lipinski definition) is 1. The van der Waals surface area contributed by atoms with E-state index in [-0.39, 0.29) is 17.2 Å². The Morgan fingerprint density at radius 2 is 1.92 bits per heavy atom. The third-order valence-corrected chi connectivity index (χ3v) is 8.02. The summed E-state index contributed by atoms with van der Waals surface area (Å²) in [7, 11) is 3.31. The van der Waals surface area contributed by atoms with Gasteiger partial charge in [0.15, 0.2) is 11.5 Å². The van der Waals surface area contributed by atoms with E-state index in [1.165, 1.54) is 0 Å². The van der Waals surface area contributed by atoms with Crippen LogP contribution in [0.2, 0.25) is 0 Å². The van der Waals surface area contributed by atoms with Gasteiger partial charge >= 0.3 is 0 Å². The van der Waals surface area contributed by atoms with Crippen molar-refractivity contribution in [2.45, 2.75) is 42.6 Å². The predicted molar refractivity (Wildman–Crippen MR) is 153 cm³/mol. The van der Waals surface area contributed by atoms with Crippen LogP contribution in [0.25, 0.3) is 5.65 Å². The highest BCUT2D eigenvalue weighted by Crippen LogP contribution is 2.35. The molecule has 0 bridgehead atoms. The van der Waals surface area contributed by atoms with Crippen LogP contribution in [-0.4, -0.2) is 58.9 Å². The minimum atomic E-state index is -0.254. The SMILES string of the molecule is CCOc1cc(CN2C[C@H](Sc3ccc(OC)cc3)C[C@H]2C(=O)NCc2cn3ccccc3n2)ccc1OC. The van der Waals surface area contributed by atoms with E-state index in [1.807, 2.05) is 72.2 Å². The first-order valence-corrected chi connectivity index (χ1v) is 14.0.